The zero-order valence-electron chi connectivity index (χ0n) is 21.9. The molecule has 0 spiro atoms. The number of rotatable bonds is 10. The molecule has 192 valence electrons. The maximum Gasteiger partial charge on any atom is 0.225 e. The van der Waals surface area contributed by atoms with Gasteiger partial charge in [0.15, 0.2) is 11.5 Å². The summed E-state index contributed by atoms with van der Waals surface area (Å²) >= 11 is 0. The molecule has 1 fully saturated rings. The van der Waals surface area contributed by atoms with E-state index in [1.54, 1.807) is 21.3 Å². The lowest BCUT2D eigenvalue weighted by molar-refractivity contribution is 0.315. The summed E-state index contributed by atoms with van der Waals surface area (Å²) in [5.41, 5.74) is 3.65. The van der Waals surface area contributed by atoms with Crippen LogP contribution in [0.25, 0.3) is 0 Å². The van der Waals surface area contributed by atoms with Crippen LogP contribution in [-0.2, 0) is 19.4 Å². The van der Waals surface area contributed by atoms with Gasteiger partial charge in [-0.3, -0.25) is 0 Å². The van der Waals surface area contributed by atoms with Crippen LogP contribution in [0.2, 0.25) is 0 Å². The van der Waals surface area contributed by atoms with Crippen LogP contribution in [0, 0.1) is 5.92 Å². The van der Waals surface area contributed by atoms with Crippen molar-refractivity contribution in [3.63, 3.8) is 0 Å². The number of hydrogen-bond acceptors (Lipinski definition) is 8. The largest absolute Gasteiger partial charge is 0.493 e. The maximum absolute atomic E-state index is 5.61. The van der Waals surface area contributed by atoms with Crippen LogP contribution in [0.3, 0.4) is 0 Å². The van der Waals surface area contributed by atoms with Crippen molar-refractivity contribution in [2.24, 2.45) is 5.92 Å². The van der Waals surface area contributed by atoms with Gasteiger partial charge in [0, 0.05) is 37.8 Å². The molecule has 2 aliphatic carbocycles. The fraction of sp³-hybridized carbons (Fsp3) is 0.630. The summed E-state index contributed by atoms with van der Waals surface area (Å²) in [6.07, 6.45) is 9.30. The van der Waals surface area contributed by atoms with Gasteiger partial charge in [-0.15, -0.1) is 0 Å². The normalized spacial score (nSPS) is 19.6. The second kappa shape index (κ2) is 11.8. The van der Waals surface area contributed by atoms with Crippen LogP contribution in [-0.4, -0.2) is 58.0 Å². The lowest BCUT2D eigenvalue weighted by Crippen LogP contribution is -2.32. The van der Waals surface area contributed by atoms with Crippen molar-refractivity contribution in [2.75, 3.05) is 52.2 Å². The van der Waals surface area contributed by atoms with Gasteiger partial charge in [0.05, 0.1) is 27.0 Å². The maximum atomic E-state index is 5.61. The van der Waals surface area contributed by atoms with Crippen molar-refractivity contribution in [1.29, 1.82) is 0 Å². The van der Waals surface area contributed by atoms with E-state index in [-0.39, 0.29) is 0 Å². The number of nitrogens with zero attached hydrogens (tertiary/aromatic N) is 3. The Morgan fingerprint density at radius 3 is 2.34 bits per heavy atom. The molecule has 2 aromatic rings. The predicted molar refractivity (Wildman–Crippen MR) is 140 cm³/mol. The van der Waals surface area contributed by atoms with E-state index in [0.29, 0.717) is 23.5 Å². The molecule has 1 aromatic heterocycles. The van der Waals surface area contributed by atoms with E-state index in [1.165, 1.54) is 36.9 Å². The van der Waals surface area contributed by atoms with Crippen LogP contribution in [0.15, 0.2) is 12.1 Å². The molecule has 2 aliphatic rings. The van der Waals surface area contributed by atoms with E-state index in [1.807, 2.05) is 12.1 Å². The van der Waals surface area contributed by atoms with Gasteiger partial charge in [-0.05, 0) is 69.9 Å². The minimum atomic E-state index is 0.439. The third-order valence-corrected chi connectivity index (χ3v) is 7.30. The van der Waals surface area contributed by atoms with Crippen molar-refractivity contribution < 1.29 is 14.2 Å². The van der Waals surface area contributed by atoms with E-state index < -0.39 is 0 Å². The number of fused-ring (bicyclic) bond motifs is 1. The summed E-state index contributed by atoms with van der Waals surface area (Å²) < 4.78 is 16.5. The van der Waals surface area contributed by atoms with Gasteiger partial charge in [0.25, 0.3) is 0 Å². The second-order valence-corrected chi connectivity index (χ2v) is 9.88. The van der Waals surface area contributed by atoms with E-state index in [4.69, 9.17) is 24.2 Å². The lowest BCUT2D eigenvalue weighted by atomic mass is 9.86. The molecule has 1 saturated carbocycles. The van der Waals surface area contributed by atoms with Crippen molar-refractivity contribution in [2.45, 2.75) is 64.0 Å². The van der Waals surface area contributed by atoms with Crippen LogP contribution in [0.1, 0.15) is 55.3 Å². The van der Waals surface area contributed by atoms with E-state index in [0.717, 1.165) is 61.9 Å². The first-order chi connectivity index (χ1) is 17.0. The Morgan fingerprint density at radius 2 is 1.66 bits per heavy atom. The van der Waals surface area contributed by atoms with Gasteiger partial charge in [0.1, 0.15) is 5.82 Å². The van der Waals surface area contributed by atoms with Crippen LogP contribution >= 0.6 is 0 Å². The predicted octanol–water partition coefficient (Wildman–Crippen LogP) is 4.21. The number of anilines is 2. The number of benzene rings is 1. The minimum absolute atomic E-state index is 0.439. The Labute approximate surface area is 209 Å². The molecule has 35 heavy (non-hydrogen) atoms. The summed E-state index contributed by atoms with van der Waals surface area (Å²) in [5.74, 6) is 4.61. The first-order valence-electron chi connectivity index (χ1n) is 12.9. The van der Waals surface area contributed by atoms with Crippen LogP contribution in [0.5, 0.6) is 17.2 Å². The number of methoxy groups -OCH3 is 3. The number of nitrogens with one attached hydrogen (secondary N) is 2. The topological polar surface area (TPSA) is 80.8 Å². The van der Waals surface area contributed by atoms with Gasteiger partial charge in [0.2, 0.25) is 11.7 Å². The molecule has 0 unspecified atom stereocenters. The zero-order chi connectivity index (χ0) is 24.8. The SMILES string of the molecule is COc1ccc(CNC[C@H]2CC[C@@H](Nc3nc4c(c(N(C)C)n3)CCCC4)CC2)c(OC)c1OC. The highest BCUT2D eigenvalue weighted by atomic mass is 16.5. The molecule has 8 heteroatoms. The Bertz CT molecular complexity index is 989. The number of aryl methyl sites for hydroxylation is 1. The minimum Gasteiger partial charge on any atom is -0.493 e. The molecule has 0 aliphatic heterocycles. The molecule has 0 bridgehead atoms. The third-order valence-electron chi connectivity index (χ3n) is 7.30. The fourth-order valence-corrected chi connectivity index (χ4v) is 5.42. The average Bonchev–Trinajstić information content (AvgIpc) is 2.88. The quantitative estimate of drug-likeness (QED) is 0.520. The molecule has 0 saturated heterocycles. The van der Waals surface area contributed by atoms with Gasteiger partial charge in [-0.2, -0.15) is 4.98 Å². The number of ether oxygens (including phenoxy) is 3. The average molecular weight is 484 g/mol. The Morgan fingerprint density at radius 1 is 0.914 bits per heavy atom. The standard InChI is InChI=1S/C27H41N5O3/c1-32(2)26-21-8-6-7-9-22(21)30-27(31-26)29-20-13-10-18(11-14-20)16-28-17-19-12-15-23(33-3)25(35-5)24(19)34-4/h12,15,18,20,28H,6-11,13-14,16-17H2,1-5H3,(H,29,30,31)/t18-,20+. The molecule has 4 rings (SSSR count). The molecule has 2 N–H and O–H groups in total. The number of aromatic nitrogens is 2. The van der Waals surface area contributed by atoms with Gasteiger partial charge in [-0.1, -0.05) is 6.07 Å². The molecule has 1 aromatic carbocycles. The molecule has 8 nitrogen and oxygen atoms in total. The Balaban J connectivity index is 1.28. The highest BCUT2D eigenvalue weighted by molar-refractivity contribution is 5.56. The van der Waals surface area contributed by atoms with E-state index >= 15 is 0 Å². The van der Waals surface area contributed by atoms with Crippen molar-refractivity contribution in [3.8, 4) is 17.2 Å². The zero-order valence-corrected chi connectivity index (χ0v) is 21.9. The van der Waals surface area contributed by atoms with E-state index in [2.05, 4.69) is 29.6 Å². The van der Waals surface area contributed by atoms with Gasteiger partial charge < -0.3 is 29.7 Å². The molecule has 1 heterocycles. The summed E-state index contributed by atoms with van der Waals surface area (Å²) in [7, 11) is 9.11. The van der Waals surface area contributed by atoms with Crippen molar-refractivity contribution in [1.82, 2.24) is 15.3 Å². The monoisotopic (exact) mass is 483 g/mol. The third kappa shape index (κ3) is 5.92. The first kappa shape index (κ1) is 25.4. The van der Waals surface area contributed by atoms with Crippen molar-refractivity contribution >= 4 is 11.8 Å². The van der Waals surface area contributed by atoms with Crippen LogP contribution in [0.4, 0.5) is 11.8 Å². The lowest BCUT2D eigenvalue weighted by Gasteiger charge is -2.30. The van der Waals surface area contributed by atoms with Crippen molar-refractivity contribution in [3.05, 3.63) is 29.0 Å². The fourth-order valence-electron chi connectivity index (χ4n) is 5.42. The molecule has 0 radical (unpaired) electrons. The molecule has 0 amide bonds. The van der Waals surface area contributed by atoms with Crippen LogP contribution < -0.4 is 29.7 Å². The highest BCUT2D eigenvalue weighted by Crippen LogP contribution is 2.39. The summed E-state index contributed by atoms with van der Waals surface area (Å²) in [6, 6.07) is 4.41. The molecular formula is C27H41N5O3. The molecular weight excluding hydrogens is 442 g/mol. The second-order valence-electron chi connectivity index (χ2n) is 9.88. The van der Waals surface area contributed by atoms with E-state index in [9.17, 15) is 0 Å². The highest BCUT2D eigenvalue weighted by Gasteiger charge is 2.24. The summed E-state index contributed by atoms with van der Waals surface area (Å²) in [5, 5.41) is 7.28. The first-order valence-corrected chi connectivity index (χ1v) is 12.9. The summed E-state index contributed by atoms with van der Waals surface area (Å²) in [6.45, 7) is 1.72. The summed E-state index contributed by atoms with van der Waals surface area (Å²) in [4.78, 5) is 11.9. The van der Waals surface area contributed by atoms with Gasteiger partial charge >= 0.3 is 0 Å². The molecule has 0 atom stereocenters. The number of hydrogen-bond donors (Lipinski definition) is 2. The smallest absolute Gasteiger partial charge is 0.225 e. The Hall–Kier alpha value is -2.74. The van der Waals surface area contributed by atoms with Gasteiger partial charge in [-0.25, -0.2) is 4.98 Å². The Kier molecular flexibility index (Phi) is 8.55.